The molecule has 0 amide bonds. The van der Waals surface area contributed by atoms with E-state index in [4.69, 9.17) is 9.47 Å². The summed E-state index contributed by atoms with van der Waals surface area (Å²) in [4.78, 5) is 13.5. The van der Waals surface area contributed by atoms with Gasteiger partial charge in [-0.15, -0.1) is 0 Å². The summed E-state index contributed by atoms with van der Waals surface area (Å²) >= 11 is 0. The quantitative estimate of drug-likeness (QED) is 0.489. The van der Waals surface area contributed by atoms with Crippen LogP contribution in [0.1, 0.15) is 32.6 Å². The van der Waals surface area contributed by atoms with Gasteiger partial charge >= 0.3 is 5.97 Å². The summed E-state index contributed by atoms with van der Waals surface area (Å²) in [5.41, 5.74) is 0. The molecule has 0 spiro atoms. The maximum atomic E-state index is 11.3. The van der Waals surface area contributed by atoms with Gasteiger partial charge in [0.05, 0.1) is 20.3 Å². The lowest BCUT2D eigenvalue weighted by Crippen LogP contribution is -2.40. The van der Waals surface area contributed by atoms with Gasteiger partial charge in [0.1, 0.15) is 0 Å². The SMILES string of the molecule is CCOCCN(CC(=O)OC)C1CCCC1. The van der Waals surface area contributed by atoms with Gasteiger partial charge in [0.15, 0.2) is 0 Å². The van der Waals surface area contributed by atoms with Gasteiger partial charge in [-0.25, -0.2) is 0 Å². The Morgan fingerprint density at radius 1 is 1.38 bits per heavy atom. The summed E-state index contributed by atoms with van der Waals surface area (Å²) in [7, 11) is 1.44. The lowest BCUT2D eigenvalue weighted by molar-refractivity contribution is -0.142. The van der Waals surface area contributed by atoms with E-state index in [9.17, 15) is 4.79 Å². The van der Waals surface area contributed by atoms with Crippen LogP contribution in [0.15, 0.2) is 0 Å². The Morgan fingerprint density at radius 3 is 2.62 bits per heavy atom. The zero-order chi connectivity index (χ0) is 11.8. The van der Waals surface area contributed by atoms with Crippen molar-refractivity contribution in [1.82, 2.24) is 4.90 Å². The summed E-state index contributed by atoms with van der Waals surface area (Å²) in [5, 5.41) is 0. The van der Waals surface area contributed by atoms with Crippen molar-refractivity contribution in [2.24, 2.45) is 0 Å². The molecule has 0 aromatic heterocycles. The highest BCUT2D eigenvalue weighted by atomic mass is 16.5. The van der Waals surface area contributed by atoms with E-state index in [-0.39, 0.29) is 5.97 Å². The van der Waals surface area contributed by atoms with Crippen molar-refractivity contribution in [3.05, 3.63) is 0 Å². The Bertz CT molecular complexity index is 202. The largest absolute Gasteiger partial charge is 0.468 e. The van der Waals surface area contributed by atoms with Gasteiger partial charge < -0.3 is 9.47 Å². The third-order valence-corrected chi connectivity index (χ3v) is 3.13. The highest BCUT2D eigenvalue weighted by Gasteiger charge is 2.24. The number of methoxy groups -OCH3 is 1. The molecular formula is C12H23NO3. The van der Waals surface area contributed by atoms with Crippen molar-refractivity contribution in [2.45, 2.75) is 38.6 Å². The number of hydrogen-bond donors (Lipinski definition) is 0. The van der Waals surface area contributed by atoms with Gasteiger partial charge in [-0.2, -0.15) is 0 Å². The van der Waals surface area contributed by atoms with Crippen molar-refractivity contribution in [3.63, 3.8) is 0 Å². The van der Waals surface area contributed by atoms with Crippen LogP contribution >= 0.6 is 0 Å². The molecule has 94 valence electrons. The molecule has 0 radical (unpaired) electrons. The van der Waals surface area contributed by atoms with Crippen LogP contribution in [0, 0.1) is 0 Å². The van der Waals surface area contributed by atoms with Gasteiger partial charge in [-0.05, 0) is 19.8 Å². The molecule has 16 heavy (non-hydrogen) atoms. The number of ether oxygens (including phenoxy) is 2. The van der Waals surface area contributed by atoms with Gasteiger partial charge in [0, 0.05) is 19.2 Å². The van der Waals surface area contributed by atoms with E-state index >= 15 is 0 Å². The average Bonchev–Trinajstić information content (AvgIpc) is 2.81. The fourth-order valence-electron chi connectivity index (χ4n) is 2.22. The zero-order valence-electron chi connectivity index (χ0n) is 10.4. The molecule has 1 saturated carbocycles. The first-order valence-corrected chi connectivity index (χ1v) is 6.16. The first-order valence-electron chi connectivity index (χ1n) is 6.16. The predicted molar refractivity (Wildman–Crippen MR) is 62.3 cm³/mol. The Morgan fingerprint density at radius 2 is 2.06 bits per heavy atom. The van der Waals surface area contributed by atoms with Crippen molar-refractivity contribution in [3.8, 4) is 0 Å². The molecule has 0 aliphatic heterocycles. The first kappa shape index (κ1) is 13.5. The van der Waals surface area contributed by atoms with Crippen LogP contribution in [0.3, 0.4) is 0 Å². The number of hydrogen-bond acceptors (Lipinski definition) is 4. The lowest BCUT2D eigenvalue weighted by atomic mass is 10.2. The van der Waals surface area contributed by atoms with Crippen molar-refractivity contribution in [2.75, 3.05) is 33.4 Å². The molecule has 0 aromatic rings. The van der Waals surface area contributed by atoms with Gasteiger partial charge in [-0.3, -0.25) is 9.69 Å². The second kappa shape index (κ2) is 7.63. The number of esters is 1. The van der Waals surface area contributed by atoms with Gasteiger partial charge in [0.2, 0.25) is 0 Å². The van der Waals surface area contributed by atoms with E-state index in [0.717, 1.165) is 13.2 Å². The summed E-state index contributed by atoms with van der Waals surface area (Å²) < 4.78 is 10.1. The number of carbonyl (C=O) groups is 1. The third kappa shape index (κ3) is 4.49. The van der Waals surface area contributed by atoms with Crippen molar-refractivity contribution in [1.29, 1.82) is 0 Å². The normalized spacial score (nSPS) is 16.9. The van der Waals surface area contributed by atoms with Gasteiger partial charge in [0.25, 0.3) is 0 Å². The molecule has 4 nitrogen and oxygen atoms in total. The Hall–Kier alpha value is -0.610. The molecule has 0 saturated heterocycles. The van der Waals surface area contributed by atoms with E-state index in [1.165, 1.54) is 32.8 Å². The molecule has 4 heteroatoms. The minimum absolute atomic E-state index is 0.150. The molecule has 1 fully saturated rings. The Labute approximate surface area is 97.9 Å². The maximum absolute atomic E-state index is 11.3. The van der Waals surface area contributed by atoms with Crippen LogP contribution in [0.25, 0.3) is 0 Å². The molecule has 1 aliphatic carbocycles. The van der Waals surface area contributed by atoms with E-state index in [1.54, 1.807) is 0 Å². The monoisotopic (exact) mass is 229 g/mol. The lowest BCUT2D eigenvalue weighted by Gasteiger charge is -2.27. The second-order valence-electron chi connectivity index (χ2n) is 4.18. The van der Waals surface area contributed by atoms with Crippen LogP contribution in [0.4, 0.5) is 0 Å². The molecule has 0 heterocycles. The Balaban J connectivity index is 2.36. The summed E-state index contributed by atoms with van der Waals surface area (Å²) in [5.74, 6) is -0.150. The molecular weight excluding hydrogens is 206 g/mol. The van der Waals surface area contributed by atoms with Crippen LogP contribution < -0.4 is 0 Å². The molecule has 0 N–H and O–H groups in total. The topological polar surface area (TPSA) is 38.8 Å². The highest BCUT2D eigenvalue weighted by Crippen LogP contribution is 2.23. The minimum atomic E-state index is -0.150. The molecule has 1 aliphatic rings. The number of carbonyl (C=O) groups excluding carboxylic acids is 1. The highest BCUT2D eigenvalue weighted by molar-refractivity contribution is 5.71. The molecule has 0 bridgehead atoms. The van der Waals surface area contributed by atoms with Crippen LogP contribution in [-0.4, -0.2) is 50.3 Å². The summed E-state index contributed by atoms with van der Waals surface area (Å²) in [6.45, 7) is 4.64. The summed E-state index contributed by atoms with van der Waals surface area (Å²) in [6.07, 6.45) is 4.94. The summed E-state index contributed by atoms with van der Waals surface area (Å²) in [6, 6.07) is 0.541. The third-order valence-electron chi connectivity index (χ3n) is 3.13. The smallest absolute Gasteiger partial charge is 0.319 e. The number of nitrogens with zero attached hydrogens (tertiary/aromatic N) is 1. The van der Waals surface area contributed by atoms with Crippen LogP contribution in [-0.2, 0) is 14.3 Å². The van der Waals surface area contributed by atoms with Crippen LogP contribution in [0.5, 0.6) is 0 Å². The standard InChI is InChI=1S/C12H23NO3/c1-3-16-9-8-13(10-12(14)15-2)11-6-4-5-7-11/h11H,3-10H2,1-2H3. The van der Waals surface area contributed by atoms with E-state index < -0.39 is 0 Å². The first-order chi connectivity index (χ1) is 7.77. The number of rotatable bonds is 7. The van der Waals surface area contributed by atoms with E-state index in [1.807, 2.05) is 6.92 Å². The van der Waals surface area contributed by atoms with E-state index in [2.05, 4.69) is 4.90 Å². The second-order valence-corrected chi connectivity index (χ2v) is 4.18. The molecule has 0 aromatic carbocycles. The van der Waals surface area contributed by atoms with Crippen molar-refractivity contribution < 1.29 is 14.3 Å². The van der Waals surface area contributed by atoms with Gasteiger partial charge in [-0.1, -0.05) is 12.8 Å². The van der Waals surface area contributed by atoms with Crippen LogP contribution in [0.2, 0.25) is 0 Å². The van der Waals surface area contributed by atoms with E-state index in [0.29, 0.717) is 19.2 Å². The predicted octanol–water partition coefficient (Wildman–Crippen LogP) is 1.44. The fourth-order valence-corrected chi connectivity index (χ4v) is 2.22. The Kier molecular flexibility index (Phi) is 6.42. The zero-order valence-corrected chi connectivity index (χ0v) is 10.4. The fraction of sp³-hybridized carbons (Fsp3) is 0.917. The molecule has 0 unspecified atom stereocenters. The average molecular weight is 229 g/mol. The minimum Gasteiger partial charge on any atom is -0.468 e. The van der Waals surface area contributed by atoms with Crippen molar-refractivity contribution >= 4 is 5.97 Å². The molecule has 0 atom stereocenters. The molecule has 1 rings (SSSR count). The maximum Gasteiger partial charge on any atom is 0.319 e.